The molecular formula is C18H22N4O3S. The molecule has 0 bridgehead atoms. The molecule has 3 N–H and O–H groups in total. The zero-order chi connectivity index (χ0) is 18.5. The van der Waals surface area contributed by atoms with Crippen LogP contribution in [0.25, 0.3) is 0 Å². The average Bonchev–Trinajstić information content (AvgIpc) is 3.25. The second kappa shape index (κ2) is 8.37. The molecule has 0 saturated heterocycles. The van der Waals surface area contributed by atoms with Gasteiger partial charge in [-0.05, 0) is 30.5 Å². The average molecular weight is 374 g/mol. The first-order valence-electron chi connectivity index (χ1n) is 8.45. The van der Waals surface area contributed by atoms with Crippen LogP contribution in [0, 0.1) is 6.92 Å². The van der Waals surface area contributed by atoms with Crippen LogP contribution in [-0.4, -0.2) is 28.0 Å². The van der Waals surface area contributed by atoms with Gasteiger partial charge in [0.15, 0.2) is 5.82 Å². The number of carbonyl (C=O) groups is 2. The fourth-order valence-electron chi connectivity index (χ4n) is 2.64. The smallest absolute Gasteiger partial charge is 0.238 e. The molecule has 3 rings (SSSR count). The third-order valence-corrected chi connectivity index (χ3v) is 5.25. The molecule has 1 aromatic heterocycles. The van der Waals surface area contributed by atoms with Gasteiger partial charge in [-0.1, -0.05) is 23.4 Å². The number of aryl methyl sites for hydroxylation is 1. The molecular weight excluding hydrogens is 352 g/mol. The third-order valence-electron chi connectivity index (χ3n) is 4.10. The molecule has 7 nitrogen and oxygen atoms in total. The number of fused-ring (bicyclic) bond motifs is 1. The van der Waals surface area contributed by atoms with E-state index in [2.05, 4.69) is 33.2 Å². The number of benzene rings is 1. The van der Waals surface area contributed by atoms with Gasteiger partial charge in [-0.2, -0.15) is 0 Å². The molecule has 2 heterocycles. The van der Waals surface area contributed by atoms with Crippen molar-refractivity contribution in [1.82, 2.24) is 15.8 Å². The maximum Gasteiger partial charge on any atom is 0.238 e. The number of thioether (sulfide) groups is 1. The number of hydrogen-bond donors (Lipinski definition) is 3. The summed E-state index contributed by atoms with van der Waals surface area (Å²) in [5.74, 6) is 0.935. The molecule has 0 saturated carbocycles. The van der Waals surface area contributed by atoms with Crippen LogP contribution in [0.5, 0.6) is 0 Å². The van der Waals surface area contributed by atoms with Gasteiger partial charge in [0.05, 0.1) is 11.0 Å². The highest BCUT2D eigenvalue weighted by Gasteiger charge is 2.17. The molecule has 1 aromatic carbocycles. The summed E-state index contributed by atoms with van der Waals surface area (Å²) in [5, 5.41) is 12.2. The van der Waals surface area contributed by atoms with Crippen LogP contribution < -0.4 is 16.0 Å². The maximum atomic E-state index is 12.1. The number of carbonyl (C=O) groups excluding carboxylic acids is 2. The number of rotatable bonds is 7. The molecule has 1 unspecified atom stereocenters. The monoisotopic (exact) mass is 374 g/mol. The predicted molar refractivity (Wildman–Crippen MR) is 101 cm³/mol. The number of aromatic nitrogens is 1. The van der Waals surface area contributed by atoms with Gasteiger partial charge in [0.1, 0.15) is 5.76 Å². The van der Waals surface area contributed by atoms with Crippen molar-refractivity contribution in [3.05, 3.63) is 46.7 Å². The van der Waals surface area contributed by atoms with E-state index in [1.807, 2.05) is 6.07 Å². The Morgan fingerprint density at radius 1 is 1.31 bits per heavy atom. The number of anilines is 1. The number of amides is 2. The third kappa shape index (κ3) is 4.86. The minimum Gasteiger partial charge on any atom is -0.360 e. The lowest BCUT2D eigenvalue weighted by Crippen LogP contribution is -2.28. The van der Waals surface area contributed by atoms with Crippen molar-refractivity contribution in [3.63, 3.8) is 0 Å². The van der Waals surface area contributed by atoms with Crippen LogP contribution >= 0.6 is 11.8 Å². The summed E-state index contributed by atoms with van der Waals surface area (Å²) >= 11 is 1.28. The second-order valence-corrected chi connectivity index (χ2v) is 7.58. The molecule has 1 aliphatic rings. The lowest BCUT2D eigenvalue weighted by atomic mass is 10.1. The Hall–Kier alpha value is -2.32. The first kappa shape index (κ1) is 18.5. The van der Waals surface area contributed by atoms with Crippen LogP contribution in [0.2, 0.25) is 0 Å². The van der Waals surface area contributed by atoms with Crippen LogP contribution in [-0.2, 0) is 29.2 Å². The summed E-state index contributed by atoms with van der Waals surface area (Å²) in [7, 11) is 0. The molecule has 2 aromatic rings. The zero-order valence-electron chi connectivity index (χ0n) is 14.8. The summed E-state index contributed by atoms with van der Waals surface area (Å²) in [5.41, 5.74) is 3.69. The standard InChI is InChI=1S/C18H22N4O3S/c1-11-5-16(22-25-11)21-18(24)12(2)26-10-17(23)20-7-13-3-4-14-8-19-9-15(14)6-13/h3-6,12,19H,7-10H2,1-2H3,(H,20,23)(H,21,22,24). The van der Waals surface area contributed by atoms with Gasteiger partial charge in [-0.15, -0.1) is 11.8 Å². The van der Waals surface area contributed by atoms with Crippen LogP contribution in [0.4, 0.5) is 5.82 Å². The summed E-state index contributed by atoms with van der Waals surface area (Å²) in [6, 6.07) is 7.91. The minimum absolute atomic E-state index is 0.0921. The van der Waals surface area contributed by atoms with E-state index in [9.17, 15) is 9.59 Å². The maximum absolute atomic E-state index is 12.1. The highest BCUT2D eigenvalue weighted by atomic mass is 32.2. The second-order valence-electron chi connectivity index (χ2n) is 6.25. The minimum atomic E-state index is -0.371. The number of hydrogen-bond acceptors (Lipinski definition) is 6. The van der Waals surface area contributed by atoms with E-state index >= 15 is 0 Å². The predicted octanol–water partition coefficient (Wildman–Crippen LogP) is 1.96. The fourth-order valence-corrected chi connectivity index (χ4v) is 3.35. The van der Waals surface area contributed by atoms with E-state index in [1.165, 1.54) is 22.9 Å². The quantitative estimate of drug-likeness (QED) is 0.686. The number of nitrogens with zero attached hydrogens (tertiary/aromatic N) is 1. The SMILES string of the molecule is Cc1cc(NC(=O)C(C)SCC(=O)NCc2ccc3c(c2)CNC3)no1. The largest absolute Gasteiger partial charge is 0.360 e. The van der Waals surface area contributed by atoms with Crippen molar-refractivity contribution in [2.24, 2.45) is 0 Å². The summed E-state index contributed by atoms with van der Waals surface area (Å²) in [4.78, 5) is 24.1. The fraction of sp³-hybridized carbons (Fsp3) is 0.389. The molecule has 0 spiro atoms. The van der Waals surface area contributed by atoms with Crippen molar-refractivity contribution < 1.29 is 14.1 Å². The lowest BCUT2D eigenvalue weighted by molar-refractivity contribution is -0.118. The van der Waals surface area contributed by atoms with Crippen molar-refractivity contribution in [1.29, 1.82) is 0 Å². The first-order valence-corrected chi connectivity index (χ1v) is 9.50. The van der Waals surface area contributed by atoms with E-state index in [4.69, 9.17) is 4.52 Å². The molecule has 1 aliphatic heterocycles. The van der Waals surface area contributed by atoms with Gasteiger partial charge in [0, 0.05) is 25.7 Å². The molecule has 8 heteroatoms. The summed E-state index contributed by atoms with van der Waals surface area (Å²) in [6.07, 6.45) is 0. The number of nitrogens with one attached hydrogen (secondary N) is 3. The van der Waals surface area contributed by atoms with E-state index in [0.717, 1.165) is 18.7 Å². The van der Waals surface area contributed by atoms with Gasteiger partial charge >= 0.3 is 0 Å². The highest BCUT2D eigenvalue weighted by Crippen LogP contribution is 2.17. The molecule has 0 radical (unpaired) electrons. The summed E-state index contributed by atoms with van der Waals surface area (Å²) in [6.45, 7) is 5.79. The van der Waals surface area contributed by atoms with E-state index in [-0.39, 0.29) is 22.8 Å². The normalized spacial score (nSPS) is 13.9. The molecule has 0 aliphatic carbocycles. The van der Waals surface area contributed by atoms with Crippen LogP contribution in [0.1, 0.15) is 29.4 Å². The van der Waals surface area contributed by atoms with Gasteiger partial charge in [-0.25, -0.2) is 0 Å². The van der Waals surface area contributed by atoms with Crippen molar-refractivity contribution in [2.45, 2.75) is 38.7 Å². The molecule has 2 amide bonds. The van der Waals surface area contributed by atoms with Gasteiger partial charge in [-0.3, -0.25) is 9.59 Å². The Kier molecular flexibility index (Phi) is 5.95. The van der Waals surface area contributed by atoms with Crippen molar-refractivity contribution in [2.75, 3.05) is 11.1 Å². The first-order chi connectivity index (χ1) is 12.5. The van der Waals surface area contributed by atoms with Gasteiger partial charge in [0.2, 0.25) is 11.8 Å². The van der Waals surface area contributed by atoms with Gasteiger partial charge < -0.3 is 20.5 Å². The molecule has 0 fully saturated rings. The lowest BCUT2D eigenvalue weighted by Gasteiger charge is -2.11. The highest BCUT2D eigenvalue weighted by molar-refractivity contribution is 8.01. The molecule has 1 atom stereocenters. The molecule has 26 heavy (non-hydrogen) atoms. The Bertz CT molecular complexity index is 805. The van der Waals surface area contributed by atoms with Gasteiger partial charge in [0.25, 0.3) is 0 Å². The van der Waals surface area contributed by atoms with Crippen molar-refractivity contribution >= 4 is 29.4 Å². The Morgan fingerprint density at radius 3 is 2.88 bits per heavy atom. The van der Waals surface area contributed by atoms with Crippen LogP contribution in [0.3, 0.4) is 0 Å². The Morgan fingerprint density at radius 2 is 2.12 bits per heavy atom. The van der Waals surface area contributed by atoms with Crippen LogP contribution in [0.15, 0.2) is 28.8 Å². The zero-order valence-corrected chi connectivity index (χ0v) is 15.6. The Labute approximate surface area is 156 Å². The topological polar surface area (TPSA) is 96.3 Å². The van der Waals surface area contributed by atoms with E-state index in [0.29, 0.717) is 18.1 Å². The van der Waals surface area contributed by atoms with E-state index < -0.39 is 0 Å². The van der Waals surface area contributed by atoms with Crippen molar-refractivity contribution in [3.8, 4) is 0 Å². The van der Waals surface area contributed by atoms with E-state index in [1.54, 1.807) is 19.9 Å². The molecule has 138 valence electrons. The summed E-state index contributed by atoms with van der Waals surface area (Å²) < 4.78 is 4.91. The Balaban J connectivity index is 1.40.